The topological polar surface area (TPSA) is 40.6 Å². The van der Waals surface area contributed by atoms with Crippen molar-refractivity contribution in [2.24, 2.45) is 5.92 Å². The van der Waals surface area contributed by atoms with Crippen LogP contribution in [-0.2, 0) is 11.3 Å². The quantitative estimate of drug-likeness (QED) is 0.658. The average molecular weight is 437 g/mol. The number of hydrogen-bond donors (Lipinski definition) is 0. The van der Waals surface area contributed by atoms with E-state index in [1.165, 1.54) is 24.3 Å². The number of rotatable bonds is 5. The first kappa shape index (κ1) is 21.6. The highest BCUT2D eigenvalue weighted by atomic mass is 35.5. The molecule has 0 N–H and O–H groups in total. The van der Waals surface area contributed by atoms with Crippen LogP contribution in [-0.4, -0.2) is 41.2 Å². The molecule has 2 aromatic carbocycles. The van der Waals surface area contributed by atoms with Gasteiger partial charge in [0.2, 0.25) is 5.91 Å². The van der Waals surface area contributed by atoms with E-state index in [1.54, 1.807) is 21.9 Å². The molecule has 154 valence electrons. The molecule has 0 saturated carbocycles. The summed E-state index contributed by atoms with van der Waals surface area (Å²) in [6.07, 6.45) is 1.50. The third-order valence-corrected chi connectivity index (χ3v) is 5.94. The molecule has 0 aromatic heterocycles. The van der Waals surface area contributed by atoms with Gasteiger partial charge in [0.1, 0.15) is 5.82 Å². The largest absolute Gasteiger partial charge is 0.338 e. The number of halogens is 3. The van der Waals surface area contributed by atoms with Crippen LogP contribution in [0.5, 0.6) is 0 Å². The number of benzene rings is 2. The van der Waals surface area contributed by atoms with E-state index in [2.05, 4.69) is 0 Å². The van der Waals surface area contributed by atoms with Gasteiger partial charge in [-0.15, -0.1) is 0 Å². The highest BCUT2D eigenvalue weighted by Gasteiger charge is 2.31. The molecule has 1 unspecified atom stereocenters. The number of likely N-dealkylation sites (tertiary alicyclic amines) is 1. The maximum Gasteiger partial charge on any atom is 0.253 e. The molecule has 2 amide bonds. The summed E-state index contributed by atoms with van der Waals surface area (Å²) in [6, 6.07) is 10.9. The Hall–Kier alpha value is -2.11. The normalized spacial score (nSPS) is 16.6. The van der Waals surface area contributed by atoms with E-state index >= 15 is 0 Å². The van der Waals surface area contributed by atoms with E-state index in [9.17, 15) is 14.0 Å². The van der Waals surface area contributed by atoms with Gasteiger partial charge in [-0.05, 0) is 61.7 Å². The van der Waals surface area contributed by atoms with Crippen molar-refractivity contribution in [3.05, 3.63) is 69.5 Å². The first-order valence-electron chi connectivity index (χ1n) is 9.66. The predicted molar refractivity (Wildman–Crippen MR) is 113 cm³/mol. The van der Waals surface area contributed by atoms with Gasteiger partial charge < -0.3 is 9.80 Å². The highest BCUT2D eigenvalue weighted by molar-refractivity contribution is 6.42. The lowest BCUT2D eigenvalue weighted by Crippen LogP contribution is -2.46. The van der Waals surface area contributed by atoms with E-state index in [0.717, 1.165) is 18.4 Å². The van der Waals surface area contributed by atoms with Crippen LogP contribution in [0.3, 0.4) is 0 Å². The van der Waals surface area contributed by atoms with Crippen molar-refractivity contribution in [2.75, 3.05) is 19.6 Å². The Morgan fingerprint density at radius 3 is 2.52 bits per heavy atom. The molecule has 29 heavy (non-hydrogen) atoms. The second kappa shape index (κ2) is 9.59. The Morgan fingerprint density at radius 1 is 1.14 bits per heavy atom. The Bertz CT molecular complexity index is 889. The molecule has 1 aliphatic rings. The monoisotopic (exact) mass is 436 g/mol. The molecule has 3 rings (SSSR count). The van der Waals surface area contributed by atoms with Crippen molar-refractivity contribution in [2.45, 2.75) is 26.3 Å². The fourth-order valence-electron chi connectivity index (χ4n) is 3.60. The zero-order chi connectivity index (χ0) is 21.0. The number of carbonyl (C=O) groups is 2. The smallest absolute Gasteiger partial charge is 0.253 e. The number of carbonyl (C=O) groups excluding carboxylic acids is 2. The van der Waals surface area contributed by atoms with Gasteiger partial charge >= 0.3 is 0 Å². The molecule has 2 aromatic rings. The molecule has 1 aliphatic heterocycles. The standard InChI is InChI=1S/C22H23Cl2FN2O2/c1-2-26(13-15-5-10-19(23)20(24)12-15)22(29)17-4-3-11-27(14-17)21(28)16-6-8-18(25)9-7-16/h5-10,12,17H,2-4,11,13-14H2,1H3. The molecule has 1 atom stereocenters. The van der Waals surface area contributed by atoms with Gasteiger partial charge in [0, 0.05) is 31.7 Å². The van der Waals surface area contributed by atoms with Crippen LogP contribution >= 0.6 is 23.2 Å². The third kappa shape index (κ3) is 5.28. The molecular weight excluding hydrogens is 414 g/mol. The number of piperidine rings is 1. The van der Waals surface area contributed by atoms with E-state index < -0.39 is 0 Å². The molecule has 0 aliphatic carbocycles. The van der Waals surface area contributed by atoms with E-state index in [0.29, 0.717) is 41.8 Å². The summed E-state index contributed by atoms with van der Waals surface area (Å²) in [6.45, 7) is 3.89. The van der Waals surface area contributed by atoms with Crippen LogP contribution in [0.25, 0.3) is 0 Å². The first-order chi connectivity index (χ1) is 13.9. The van der Waals surface area contributed by atoms with E-state index in [1.807, 2.05) is 13.0 Å². The van der Waals surface area contributed by atoms with Gasteiger partial charge in [-0.3, -0.25) is 9.59 Å². The maximum absolute atomic E-state index is 13.1. The minimum absolute atomic E-state index is 0.0233. The van der Waals surface area contributed by atoms with Crippen LogP contribution in [0, 0.1) is 11.7 Å². The number of amides is 2. The lowest BCUT2D eigenvalue weighted by Gasteiger charge is -2.35. The molecule has 1 heterocycles. The summed E-state index contributed by atoms with van der Waals surface area (Å²) >= 11 is 12.1. The highest BCUT2D eigenvalue weighted by Crippen LogP contribution is 2.25. The summed E-state index contributed by atoms with van der Waals surface area (Å²) in [4.78, 5) is 29.3. The van der Waals surface area contributed by atoms with Gasteiger partial charge in [-0.1, -0.05) is 29.3 Å². The van der Waals surface area contributed by atoms with Crippen molar-refractivity contribution in [1.82, 2.24) is 9.80 Å². The zero-order valence-electron chi connectivity index (χ0n) is 16.2. The zero-order valence-corrected chi connectivity index (χ0v) is 17.7. The van der Waals surface area contributed by atoms with Gasteiger partial charge in [-0.2, -0.15) is 0 Å². The molecule has 7 heteroatoms. The van der Waals surface area contributed by atoms with Gasteiger partial charge in [0.25, 0.3) is 5.91 Å². The van der Waals surface area contributed by atoms with Crippen molar-refractivity contribution in [1.29, 1.82) is 0 Å². The molecule has 4 nitrogen and oxygen atoms in total. The Morgan fingerprint density at radius 2 is 1.86 bits per heavy atom. The summed E-state index contributed by atoms with van der Waals surface area (Å²) < 4.78 is 13.1. The van der Waals surface area contributed by atoms with Gasteiger partial charge in [-0.25, -0.2) is 4.39 Å². The Labute approximate surface area is 180 Å². The number of nitrogens with zero attached hydrogens (tertiary/aromatic N) is 2. The van der Waals surface area contributed by atoms with Crippen LogP contribution in [0.1, 0.15) is 35.7 Å². The van der Waals surface area contributed by atoms with E-state index in [-0.39, 0.29) is 23.5 Å². The number of hydrogen-bond acceptors (Lipinski definition) is 2. The van der Waals surface area contributed by atoms with Gasteiger partial charge in [0.05, 0.1) is 16.0 Å². The fraction of sp³-hybridized carbons (Fsp3) is 0.364. The van der Waals surface area contributed by atoms with Crippen LogP contribution < -0.4 is 0 Å². The Kier molecular flexibility index (Phi) is 7.14. The van der Waals surface area contributed by atoms with Gasteiger partial charge in [0.15, 0.2) is 0 Å². The second-order valence-electron chi connectivity index (χ2n) is 7.20. The van der Waals surface area contributed by atoms with Crippen LogP contribution in [0.2, 0.25) is 10.0 Å². The van der Waals surface area contributed by atoms with Crippen molar-refractivity contribution >= 4 is 35.0 Å². The summed E-state index contributed by atoms with van der Waals surface area (Å²) in [7, 11) is 0. The molecule has 0 spiro atoms. The molecule has 1 fully saturated rings. The SMILES string of the molecule is CCN(Cc1ccc(Cl)c(Cl)c1)C(=O)C1CCCN(C(=O)c2ccc(F)cc2)C1. The lowest BCUT2D eigenvalue weighted by molar-refractivity contribution is -0.137. The molecular formula is C22H23Cl2FN2O2. The van der Waals surface area contributed by atoms with Crippen molar-refractivity contribution in [3.8, 4) is 0 Å². The average Bonchev–Trinajstić information content (AvgIpc) is 2.74. The van der Waals surface area contributed by atoms with E-state index in [4.69, 9.17) is 23.2 Å². The second-order valence-corrected chi connectivity index (χ2v) is 8.01. The molecule has 0 radical (unpaired) electrons. The maximum atomic E-state index is 13.1. The third-order valence-electron chi connectivity index (χ3n) is 5.20. The molecule has 0 bridgehead atoms. The summed E-state index contributed by atoms with van der Waals surface area (Å²) in [5, 5.41) is 0.938. The minimum Gasteiger partial charge on any atom is -0.338 e. The van der Waals surface area contributed by atoms with Crippen LogP contribution in [0.4, 0.5) is 4.39 Å². The summed E-state index contributed by atoms with van der Waals surface area (Å²) in [5.74, 6) is -0.782. The fourth-order valence-corrected chi connectivity index (χ4v) is 3.92. The first-order valence-corrected chi connectivity index (χ1v) is 10.4. The van der Waals surface area contributed by atoms with Crippen LogP contribution in [0.15, 0.2) is 42.5 Å². The Balaban J connectivity index is 1.67. The summed E-state index contributed by atoms with van der Waals surface area (Å²) in [5.41, 5.74) is 1.34. The predicted octanol–water partition coefficient (Wildman–Crippen LogP) is 5.03. The minimum atomic E-state index is -0.380. The van der Waals surface area contributed by atoms with Crippen molar-refractivity contribution in [3.63, 3.8) is 0 Å². The lowest BCUT2D eigenvalue weighted by atomic mass is 9.95. The molecule has 1 saturated heterocycles. The van der Waals surface area contributed by atoms with Crippen molar-refractivity contribution < 1.29 is 14.0 Å².